The molecule has 1 aromatic heterocycles. The molecule has 0 saturated carbocycles. The van der Waals surface area contributed by atoms with Crippen LogP contribution in [0.25, 0.3) is 0 Å². The van der Waals surface area contributed by atoms with Gasteiger partial charge in [-0.05, 0) is 29.2 Å². The van der Waals surface area contributed by atoms with E-state index in [1.165, 1.54) is 27.7 Å². The quantitative estimate of drug-likeness (QED) is 0.318. The highest BCUT2D eigenvalue weighted by molar-refractivity contribution is 8.03. The van der Waals surface area contributed by atoms with E-state index < -0.39 is 11.9 Å². The van der Waals surface area contributed by atoms with Crippen LogP contribution in [-0.2, 0) is 25.7 Å². The number of carboxylic acids is 1. The van der Waals surface area contributed by atoms with Gasteiger partial charge < -0.3 is 26.0 Å². The molecule has 15 heteroatoms. The Hall–Kier alpha value is -2.49. The third-order valence-corrected chi connectivity index (χ3v) is 9.41. The molecule has 4 aliphatic rings. The molecule has 208 valence electrons. The molecule has 0 radical (unpaired) electrons. The van der Waals surface area contributed by atoms with Gasteiger partial charge in [-0.2, -0.15) is 13.5 Å². The van der Waals surface area contributed by atoms with Gasteiger partial charge in [0.1, 0.15) is 18.6 Å². The summed E-state index contributed by atoms with van der Waals surface area (Å²) >= 11 is 1.46. The monoisotopic (exact) mass is 566 g/mol. The Morgan fingerprint density at radius 1 is 1.34 bits per heavy atom. The molecule has 0 unspecified atom stereocenters. The van der Waals surface area contributed by atoms with Crippen LogP contribution in [0.15, 0.2) is 16.9 Å². The number of ketones is 1. The minimum atomic E-state index is -1.13. The first-order valence-electron chi connectivity index (χ1n) is 12.6. The zero-order valence-electron chi connectivity index (χ0n) is 21.3. The number of amides is 2. The minimum Gasteiger partial charge on any atom is -0.477 e. The lowest BCUT2D eigenvalue weighted by molar-refractivity contribution is -0.160. The van der Waals surface area contributed by atoms with Crippen LogP contribution in [0.4, 0.5) is 0 Å². The summed E-state index contributed by atoms with van der Waals surface area (Å²) in [5.74, 6) is -2.29. The van der Waals surface area contributed by atoms with E-state index in [0.29, 0.717) is 31.0 Å². The van der Waals surface area contributed by atoms with Gasteiger partial charge in [-0.15, -0.1) is 16.9 Å². The molecule has 38 heavy (non-hydrogen) atoms. The summed E-state index contributed by atoms with van der Waals surface area (Å²) in [5, 5.41) is 24.1. The number of carbonyl (C=O) groups excluding carboxylic acids is 3. The molecule has 5 heterocycles. The summed E-state index contributed by atoms with van der Waals surface area (Å²) < 4.78 is 1.34. The molecule has 0 aromatic carbocycles. The van der Waals surface area contributed by atoms with Gasteiger partial charge in [0.25, 0.3) is 0 Å². The average Bonchev–Trinajstić information content (AvgIpc) is 3.63. The Labute approximate surface area is 231 Å². The number of β-lactam (4-membered cyclic amide) rings is 1. The number of nitrogens with zero attached hydrogens (tertiary/aromatic N) is 6. The highest BCUT2D eigenvalue weighted by Gasteiger charge is 2.60. The fraction of sp³-hybridized carbons (Fsp3) is 0.696. The maximum atomic E-state index is 13.1. The first-order valence-corrected chi connectivity index (χ1v) is 13.5. The van der Waals surface area contributed by atoms with Crippen LogP contribution in [0.1, 0.15) is 33.1 Å². The Balaban J connectivity index is 0.00000336. The molecule has 3 saturated heterocycles. The lowest BCUT2D eigenvalue weighted by atomic mass is 9.73. The second-order valence-corrected chi connectivity index (χ2v) is 11.9. The van der Waals surface area contributed by atoms with E-state index >= 15 is 0 Å². The van der Waals surface area contributed by atoms with E-state index in [4.69, 9.17) is 5.73 Å². The summed E-state index contributed by atoms with van der Waals surface area (Å²) in [6, 6.07) is -0.591. The number of likely N-dealkylation sites (tertiary alicyclic amines) is 1. The third-order valence-electron chi connectivity index (χ3n) is 7.90. The van der Waals surface area contributed by atoms with Crippen molar-refractivity contribution < 1.29 is 24.3 Å². The van der Waals surface area contributed by atoms with Crippen molar-refractivity contribution in [1.82, 2.24) is 35.3 Å². The van der Waals surface area contributed by atoms with Gasteiger partial charge >= 0.3 is 5.97 Å². The predicted molar refractivity (Wildman–Crippen MR) is 142 cm³/mol. The number of rotatable bonds is 9. The minimum absolute atomic E-state index is 0. The van der Waals surface area contributed by atoms with Gasteiger partial charge in [0.15, 0.2) is 5.78 Å². The zero-order chi connectivity index (χ0) is 26.4. The van der Waals surface area contributed by atoms with Crippen LogP contribution in [0.3, 0.4) is 0 Å². The van der Waals surface area contributed by atoms with Crippen LogP contribution in [0.5, 0.6) is 0 Å². The third kappa shape index (κ3) is 5.20. The number of aromatic nitrogens is 4. The van der Waals surface area contributed by atoms with Gasteiger partial charge in [-0.1, -0.05) is 13.8 Å². The average molecular weight is 567 g/mol. The van der Waals surface area contributed by atoms with E-state index in [9.17, 15) is 24.3 Å². The highest BCUT2D eigenvalue weighted by atomic mass is 32.2. The number of carboxylic acid groups (broad SMARTS) is 1. The number of nitrogens with two attached hydrogens (primary N) is 1. The maximum absolute atomic E-state index is 13.1. The van der Waals surface area contributed by atoms with Crippen molar-refractivity contribution in [1.29, 1.82) is 0 Å². The Bertz CT molecular complexity index is 1130. The Kier molecular flexibility index (Phi) is 8.49. The van der Waals surface area contributed by atoms with E-state index in [-0.39, 0.29) is 85.0 Å². The molecular weight excluding hydrogens is 532 g/mol. The smallest absolute Gasteiger partial charge is 0.353 e. The summed E-state index contributed by atoms with van der Waals surface area (Å²) in [5.41, 5.74) is 5.99. The summed E-state index contributed by atoms with van der Waals surface area (Å²) in [6.07, 6.45) is 2.93. The molecule has 4 N–H and O–H groups in total. The number of fused-ring (bicyclic) bond motifs is 1. The zero-order valence-corrected chi connectivity index (χ0v) is 23.1. The topological polar surface area (TPSA) is 177 Å². The summed E-state index contributed by atoms with van der Waals surface area (Å²) in [7, 11) is 0. The fourth-order valence-corrected chi connectivity index (χ4v) is 7.60. The molecule has 0 aliphatic carbocycles. The van der Waals surface area contributed by atoms with Crippen LogP contribution in [0, 0.1) is 17.8 Å². The van der Waals surface area contributed by atoms with Gasteiger partial charge in [-0.25, -0.2) is 9.48 Å². The Morgan fingerprint density at radius 2 is 2.11 bits per heavy atom. The Morgan fingerprint density at radius 3 is 2.74 bits per heavy atom. The molecule has 5 rings (SSSR count). The number of hydrogen-bond acceptors (Lipinski definition) is 10. The molecule has 13 nitrogen and oxygen atoms in total. The van der Waals surface area contributed by atoms with Crippen molar-refractivity contribution in [3.05, 3.63) is 16.9 Å². The molecule has 7 atom stereocenters. The van der Waals surface area contributed by atoms with Crippen LogP contribution >= 0.6 is 25.3 Å². The van der Waals surface area contributed by atoms with Crippen molar-refractivity contribution in [2.75, 3.05) is 19.6 Å². The van der Waals surface area contributed by atoms with Crippen molar-refractivity contribution in [3.63, 3.8) is 0 Å². The summed E-state index contributed by atoms with van der Waals surface area (Å²) in [4.78, 5) is 54.6. The normalized spacial score (nSPS) is 31.2. The molecular formula is C23H34N8O5S2. The van der Waals surface area contributed by atoms with Gasteiger partial charge in [-0.3, -0.25) is 14.4 Å². The van der Waals surface area contributed by atoms with Crippen LogP contribution < -0.4 is 11.1 Å². The van der Waals surface area contributed by atoms with Gasteiger partial charge in [0.05, 0.1) is 18.0 Å². The van der Waals surface area contributed by atoms with Crippen molar-refractivity contribution >= 4 is 48.8 Å². The summed E-state index contributed by atoms with van der Waals surface area (Å²) in [6.45, 7) is 5.64. The number of aliphatic carboxylic acids is 1. The maximum Gasteiger partial charge on any atom is 0.353 e. The molecule has 1 aromatic rings. The largest absolute Gasteiger partial charge is 0.477 e. The number of hydrogen-bond donors (Lipinski definition) is 3. The lowest BCUT2D eigenvalue weighted by Gasteiger charge is -2.47. The van der Waals surface area contributed by atoms with E-state index in [1.807, 2.05) is 13.8 Å². The molecule has 0 bridgehead atoms. The standard InChI is InChI=1S/C23H32N8O5S.H2S/c1-11(5-14(32)9-30-10-26-27-28-30)17-18-12(2)20(19(23(35)36)31(18)22(17)34)37-15-6-16(25-7-15)21(33)29-4-3-13(24)8-29;/h10-13,15-18,25H,3-9,24H2,1-2H3,(H,35,36);1H2/t11-,12+,13-,15-,16-,17+,18+;/m0./s1. The second-order valence-electron chi connectivity index (χ2n) is 10.5. The molecule has 2 amide bonds. The molecule has 4 aliphatic heterocycles. The second kappa shape index (κ2) is 11.3. The number of thioether (sulfide) groups is 1. The molecule has 3 fully saturated rings. The van der Waals surface area contributed by atoms with Crippen molar-refractivity contribution in [2.45, 2.75) is 63.0 Å². The van der Waals surface area contributed by atoms with E-state index in [1.54, 1.807) is 4.90 Å². The lowest BCUT2D eigenvalue weighted by Crippen LogP contribution is -2.62. The fourth-order valence-electron chi connectivity index (χ4n) is 6.12. The van der Waals surface area contributed by atoms with Gasteiger partial charge in [0, 0.05) is 48.2 Å². The van der Waals surface area contributed by atoms with Crippen LogP contribution in [0.2, 0.25) is 0 Å². The predicted octanol–water partition coefficient (Wildman–Crippen LogP) is -0.823. The van der Waals surface area contributed by atoms with E-state index in [0.717, 1.165) is 6.42 Å². The number of carbonyl (C=O) groups is 4. The SMILES string of the molecule is C[C@@H](CC(=O)Cn1cnnn1)[C@H]1C(=O)N2C(C(=O)O)=C(S[C@@H]3CN[C@H](C(=O)N4CC[C@H](N)C4)C3)[C@H](C)[C@H]12.S. The first kappa shape index (κ1) is 28.5. The van der Waals surface area contributed by atoms with E-state index in [2.05, 4.69) is 20.8 Å². The van der Waals surface area contributed by atoms with Crippen LogP contribution in [-0.4, -0.2) is 102 Å². The highest BCUT2D eigenvalue weighted by Crippen LogP contribution is 2.53. The number of tetrazole rings is 1. The van der Waals surface area contributed by atoms with Crippen molar-refractivity contribution in [3.8, 4) is 0 Å². The first-order chi connectivity index (χ1) is 17.7. The number of nitrogens with one attached hydrogen (secondary N) is 1. The van der Waals surface area contributed by atoms with Crippen molar-refractivity contribution in [2.24, 2.45) is 23.5 Å². The molecule has 0 spiro atoms. The number of Topliss-reactive ketones (excluding diaryl/α,β-unsaturated/α-hetero) is 1. The van der Waals surface area contributed by atoms with Gasteiger partial charge in [0.2, 0.25) is 11.8 Å².